The topological polar surface area (TPSA) is 23.8 Å². The highest BCUT2D eigenvalue weighted by Gasteiger charge is 1.94. The van der Waals surface area contributed by atoms with Crippen molar-refractivity contribution in [1.29, 1.82) is 5.26 Å². The second-order valence-corrected chi connectivity index (χ2v) is 3.90. The van der Waals surface area contributed by atoms with E-state index >= 15 is 0 Å². The summed E-state index contributed by atoms with van der Waals surface area (Å²) < 4.78 is 0. The van der Waals surface area contributed by atoms with Crippen molar-refractivity contribution in [3.05, 3.63) is 83.4 Å². The van der Waals surface area contributed by atoms with E-state index in [0.29, 0.717) is 5.56 Å². The third-order valence-corrected chi connectivity index (χ3v) is 2.49. The molecular formula is C19H11N. The minimum Gasteiger partial charge on any atom is -0.192 e. The molecule has 0 aromatic heterocycles. The molecule has 0 fully saturated rings. The largest absolute Gasteiger partial charge is 0.192 e. The lowest BCUT2D eigenvalue weighted by molar-refractivity contribution is 1.47. The van der Waals surface area contributed by atoms with Gasteiger partial charge in [-0.2, -0.15) is 5.26 Å². The fourth-order valence-corrected chi connectivity index (χ4v) is 1.54. The highest BCUT2D eigenvalue weighted by atomic mass is 14.2. The summed E-state index contributed by atoms with van der Waals surface area (Å²) in [6.07, 6.45) is 3.39. The molecule has 0 spiro atoms. The number of hydrogen-bond acceptors (Lipinski definition) is 1. The molecule has 0 unspecified atom stereocenters. The first-order valence-corrected chi connectivity index (χ1v) is 6.12. The third kappa shape index (κ3) is 3.92. The van der Waals surface area contributed by atoms with Crippen LogP contribution < -0.4 is 0 Å². The van der Waals surface area contributed by atoms with Gasteiger partial charge in [-0.1, -0.05) is 54.0 Å². The van der Waals surface area contributed by atoms with E-state index in [1.807, 2.05) is 48.5 Å². The van der Waals surface area contributed by atoms with Crippen LogP contribution in [0.5, 0.6) is 0 Å². The van der Waals surface area contributed by atoms with Gasteiger partial charge in [-0.15, -0.1) is 0 Å². The van der Waals surface area contributed by atoms with Crippen LogP contribution in [0.4, 0.5) is 0 Å². The summed E-state index contributed by atoms with van der Waals surface area (Å²) in [5.41, 5.74) is 2.29. The Morgan fingerprint density at radius 3 is 2.00 bits per heavy atom. The van der Waals surface area contributed by atoms with E-state index in [1.54, 1.807) is 18.2 Å². The molecule has 20 heavy (non-hydrogen) atoms. The molecule has 0 aliphatic rings. The van der Waals surface area contributed by atoms with Gasteiger partial charge in [-0.05, 0) is 36.4 Å². The van der Waals surface area contributed by atoms with Gasteiger partial charge in [-0.25, -0.2) is 0 Å². The molecule has 0 saturated heterocycles. The monoisotopic (exact) mass is 253 g/mol. The zero-order chi connectivity index (χ0) is 14.0. The second-order valence-electron chi connectivity index (χ2n) is 3.90. The smallest absolute Gasteiger partial charge is 0.100 e. The van der Waals surface area contributed by atoms with Crippen molar-refractivity contribution >= 4 is 0 Å². The molecular weight excluding hydrogens is 242 g/mol. The van der Waals surface area contributed by atoms with E-state index in [4.69, 9.17) is 5.26 Å². The lowest BCUT2D eigenvalue weighted by atomic mass is 10.1. The van der Waals surface area contributed by atoms with Crippen molar-refractivity contribution in [3.8, 4) is 29.8 Å². The van der Waals surface area contributed by atoms with Crippen molar-refractivity contribution in [1.82, 2.24) is 0 Å². The summed E-state index contributed by atoms with van der Waals surface area (Å²) in [6, 6.07) is 19.2. The van der Waals surface area contributed by atoms with Gasteiger partial charge in [-0.3, -0.25) is 0 Å². The van der Waals surface area contributed by atoms with Crippen LogP contribution in [0, 0.1) is 35.0 Å². The molecule has 92 valence electrons. The van der Waals surface area contributed by atoms with Gasteiger partial charge in [0.1, 0.15) is 6.07 Å². The Labute approximate surface area is 119 Å². The minimum absolute atomic E-state index is 0.587. The highest BCUT2D eigenvalue weighted by Crippen LogP contribution is 2.04. The maximum Gasteiger partial charge on any atom is 0.100 e. The quantitative estimate of drug-likeness (QED) is 0.659. The van der Waals surface area contributed by atoms with Crippen molar-refractivity contribution in [2.45, 2.75) is 0 Å². The van der Waals surface area contributed by atoms with E-state index < -0.39 is 0 Å². The number of allylic oxidation sites excluding steroid dienone is 2. The molecule has 0 radical (unpaired) electrons. The van der Waals surface area contributed by atoms with Crippen LogP contribution in [-0.2, 0) is 0 Å². The second kappa shape index (κ2) is 7.27. The molecule has 2 rings (SSSR count). The molecule has 0 saturated carbocycles. The first-order valence-electron chi connectivity index (χ1n) is 6.12. The number of rotatable bonds is 0. The predicted octanol–water partition coefficient (Wildman–Crippen LogP) is 3.52. The minimum atomic E-state index is 0.587. The fourth-order valence-electron chi connectivity index (χ4n) is 1.54. The molecule has 0 bridgehead atoms. The molecule has 0 heterocycles. The van der Waals surface area contributed by atoms with Crippen molar-refractivity contribution in [2.24, 2.45) is 0 Å². The summed E-state index contributed by atoms with van der Waals surface area (Å²) in [5, 5.41) is 8.93. The summed E-state index contributed by atoms with van der Waals surface area (Å²) in [6.45, 7) is 0. The molecule has 0 N–H and O–H groups in total. The zero-order valence-electron chi connectivity index (χ0n) is 10.8. The lowest BCUT2D eigenvalue weighted by Crippen LogP contribution is -1.80. The molecule has 2 aromatic carbocycles. The lowest BCUT2D eigenvalue weighted by Gasteiger charge is -1.91. The number of nitrogens with zero attached hydrogens (tertiary/aromatic N) is 1. The van der Waals surface area contributed by atoms with Crippen LogP contribution >= 0.6 is 0 Å². The standard InChI is InChI=1S/C19H11N/c20-16-19-15-9-8-14-18(19)13-7-2-1-4-10-17-11-5-3-6-12-17/h1-3,5-6,8-9,11-12,14-15H. The van der Waals surface area contributed by atoms with E-state index in [2.05, 4.69) is 29.8 Å². The van der Waals surface area contributed by atoms with Crippen LogP contribution in [0.2, 0.25) is 0 Å². The third-order valence-electron chi connectivity index (χ3n) is 2.49. The SMILES string of the molecule is N#Cc1ccccc1C#CC=CC#Cc1ccccc1. The van der Waals surface area contributed by atoms with E-state index in [1.165, 1.54) is 0 Å². The first-order chi connectivity index (χ1) is 9.90. The predicted molar refractivity (Wildman–Crippen MR) is 80.5 cm³/mol. The highest BCUT2D eigenvalue weighted by molar-refractivity contribution is 5.49. The number of benzene rings is 2. The van der Waals surface area contributed by atoms with Crippen molar-refractivity contribution in [3.63, 3.8) is 0 Å². The maximum absolute atomic E-state index is 8.93. The van der Waals surface area contributed by atoms with Gasteiger partial charge in [0.05, 0.1) is 5.56 Å². The summed E-state index contributed by atoms with van der Waals surface area (Å²) in [7, 11) is 0. The number of hydrogen-bond donors (Lipinski definition) is 0. The van der Waals surface area contributed by atoms with Gasteiger partial charge in [0.15, 0.2) is 0 Å². The van der Waals surface area contributed by atoms with Crippen LogP contribution in [0.3, 0.4) is 0 Å². The van der Waals surface area contributed by atoms with Gasteiger partial charge in [0, 0.05) is 11.1 Å². The van der Waals surface area contributed by atoms with Crippen LogP contribution in [0.25, 0.3) is 0 Å². The average Bonchev–Trinajstić information content (AvgIpc) is 2.52. The molecule has 0 aliphatic heterocycles. The Morgan fingerprint density at radius 2 is 1.30 bits per heavy atom. The van der Waals surface area contributed by atoms with Gasteiger partial charge in [0.2, 0.25) is 0 Å². The summed E-state index contributed by atoms with van der Waals surface area (Å²) >= 11 is 0. The molecule has 0 aliphatic carbocycles. The van der Waals surface area contributed by atoms with Crippen LogP contribution in [0.15, 0.2) is 66.7 Å². The van der Waals surface area contributed by atoms with E-state index in [9.17, 15) is 0 Å². The molecule has 0 atom stereocenters. The van der Waals surface area contributed by atoms with Crippen molar-refractivity contribution in [2.75, 3.05) is 0 Å². The van der Waals surface area contributed by atoms with Gasteiger partial charge < -0.3 is 0 Å². The summed E-state index contributed by atoms with van der Waals surface area (Å²) in [5.74, 6) is 11.7. The Balaban J connectivity index is 2.04. The van der Waals surface area contributed by atoms with E-state index in [-0.39, 0.29) is 0 Å². The number of nitriles is 1. The Hall–Kier alpha value is -3.21. The Kier molecular flexibility index (Phi) is 4.81. The van der Waals surface area contributed by atoms with Gasteiger partial charge in [0.25, 0.3) is 0 Å². The maximum atomic E-state index is 8.93. The Morgan fingerprint density at radius 1 is 0.700 bits per heavy atom. The average molecular weight is 253 g/mol. The Bertz CT molecular complexity index is 769. The van der Waals surface area contributed by atoms with Crippen LogP contribution in [-0.4, -0.2) is 0 Å². The van der Waals surface area contributed by atoms with Crippen molar-refractivity contribution < 1.29 is 0 Å². The molecule has 1 nitrogen and oxygen atoms in total. The summed E-state index contributed by atoms with van der Waals surface area (Å²) in [4.78, 5) is 0. The zero-order valence-corrected chi connectivity index (χ0v) is 10.8. The van der Waals surface area contributed by atoms with Crippen LogP contribution in [0.1, 0.15) is 16.7 Å². The fraction of sp³-hybridized carbons (Fsp3) is 0. The molecule has 0 amide bonds. The molecule has 2 aromatic rings. The van der Waals surface area contributed by atoms with Gasteiger partial charge >= 0.3 is 0 Å². The molecule has 1 heteroatoms. The normalized spacial score (nSPS) is 8.95. The first kappa shape index (κ1) is 13.2. The van der Waals surface area contributed by atoms with E-state index in [0.717, 1.165) is 11.1 Å².